The Labute approximate surface area is 166 Å². The number of carbonyl (C=O) groups is 1. The minimum Gasteiger partial charge on any atom is -0.497 e. The van der Waals surface area contributed by atoms with Crippen LogP contribution in [-0.4, -0.2) is 33.9 Å². The highest BCUT2D eigenvalue weighted by Crippen LogP contribution is 2.37. The number of methoxy groups -OCH3 is 1. The van der Waals surface area contributed by atoms with Crippen molar-refractivity contribution in [3.8, 4) is 5.75 Å². The van der Waals surface area contributed by atoms with Crippen molar-refractivity contribution < 1.29 is 18.7 Å². The molecule has 2 atom stereocenters. The Morgan fingerprint density at radius 2 is 1.74 bits per heavy atom. The van der Waals surface area contributed by atoms with Gasteiger partial charge < -0.3 is 18.7 Å². The summed E-state index contributed by atoms with van der Waals surface area (Å²) in [6.45, 7) is 13.4. The predicted molar refractivity (Wildman–Crippen MR) is 114 cm³/mol. The number of carbonyl (C=O) groups excluding carboxylic acids is 1. The summed E-state index contributed by atoms with van der Waals surface area (Å²) in [6, 6.07) is 7.77. The molecular weight excluding hydrogens is 356 g/mol. The molecule has 0 aromatic heterocycles. The molecule has 5 heteroatoms. The summed E-state index contributed by atoms with van der Waals surface area (Å²) < 4.78 is 17.7. The van der Waals surface area contributed by atoms with E-state index in [1.54, 1.807) is 7.11 Å². The van der Waals surface area contributed by atoms with Gasteiger partial charge in [-0.15, -0.1) is 0 Å². The van der Waals surface area contributed by atoms with Crippen LogP contribution in [0, 0.1) is 0 Å². The first-order valence-electron chi connectivity index (χ1n) is 9.67. The molecule has 0 saturated heterocycles. The third-order valence-electron chi connectivity index (χ3n) is 5.13. The average molecular weight is 393 g/mol. The fourth-order valence-corrected chi connectivity index (χ4v) is 3.57. The van der Waals surface area contributed by atoms with Gasteiger partial charge in [-0.25, -0.2) is 0 Å². The van der Waals surface area contributed by atoms with Crippen LogP contribution in [0.4, 0.5) is 0 Å². The molecule has 0 heterocycles. The number of allylic oxidation sites excluding steroid dienone is 1. The summed E-state index contributed by atoms with van der Waals surface area (Å²) in [4.78, 5) is 11.9. The van der Waals surface area contributed by atoms with Crippen molar-refractivity contribution in [1.29, 1.82) is 0 Å². The predicted octanol–water partition coefficient (Wildman–Crippen LogP) is 5.53. The Kier molecular flexibility index (Phi) is 9.43. The van der Waals surface area contributed by atoms with E-state index in [9.17, 15) is 4.79 Å². The zero-order chi connectivity index (χ0) is 20.5. The number of hydrogen-bond acceptors (Lipinski definition) is 4. The highest BCUT2D eigenvalue weighted by Gasteiger charge is 2.40. The maximum atomic E-state index is 11.9. The average Bonchev–Trinajstić information content (AvgIpc) is 2.62. The van der Waals surface area contributed by atoms with Crippen LogP contribution < -0.4 is 4.74 Å². The molecule has 0 aliphatic heterocycles. The number of rotatable bonds is 11. The molecule has 0 fully saturated rings. The minimum absolute atomic E-state index is 0.0358. The van der Waals surface area contributed by atoms with Gasteiger partial charge in [0, 0.05) is 0 Å². The molecule has 0 aliphatic carbocycles. The lowest BCUT2D eigenvalue weighted by atomic mass is 10.1. The van der Waals surface area contributed by atoms with Crippen LogP contribution >= 0.6 is 0 Å². The first-order chi connectivity index (χ1) is 12.6. The zero-order valence-electron chi connectivity index (χ0n) is 18.0. The van der Waals surface area contributed by atoms with E-state index in [-0.39, 0.29) is 11.1 Å². The number of hydrogen-bond donors (Lipinski definition) is 0. The number of benzene rings is 1. The summed E-state index contributed by atoms with van der Waals surface area (Å²) in [7, 11) is -0.425. The van der Waals surface area contributed by atoms with E-state index < -0.39 is 14.4 Å². The molecule has 1 aromatic rings. The quantitative estimate of drug-likeness (QED) is 0.282. The number of aldehydes is 1. The minimum atomic E-state index is -2.07. The third kappa shape index (κ3) is 7.60. The molecule has 0 bridgehead atoms. The van der Waals surface area contributed by atoms with Crippen molar-refractivity contribution in [1.82, 2.24) is 0 Å². The van der Waals surface area contributed by atoms with Crippen LogP contribution in [0.5, 0.6) is 5.75 Å². The fourth-order valence-electron chi connectivity index (χ4n) is 2.33. The van der Waals surface area contributed by atoms with Gasteiger partial charge in [0.25, 0.3) is 0 Å². The van der Waals surface area contributed by atoms with E-state index in [0.29, 0.717) is 13.0 Å². The second kappa shape index (κ2) is 10.8. The van der Waals surface area contributed by atoms with Crippen molar-refractivity contribution in [2.75, 3.05) is 7.11 Å². The van der Waals surface area contributed by atoms with Gasteiger partial charge in [0.15, 0.2) is 8.32 Å². The Bertz CT molecular complexity index is 587. The first-order valence-corrected chi connectivity index (χ1v) is 12.6. The molecule has 152 valence electrons. The summed E-state index contributed by atoms with van der Waals surface area (Å²) in [5.74, 6) is 0.813. The van der Waals surface area contributed by atoms with Gasteiger partial charge in [0.2, 0.25) is 0 Å². The molecule has 1 rings (SSSR count). The van der Waals surface area contributed by atoms with Crippen LogP contribution in [0.3, 0.4) is 0 Å². The highest BCUT2D eigenvalue weighted by molar-refractivity contribution is 6.74. The van der Waals surface area contributed by atoms with Gasteiger partial charge in [-0.1, -0.05) is 52.0 Å². The lowest BCUT2D eigenvalue weighted by Gasteiger charge is -2.39. The van der Waals surface area contributed by atoms with Gasteiger partial charge in [0.1, 0.15) is 18.1 Å². The lowest BCUT2D eigenvalue weighted by molar-refractivity contribution is -0.122. The van der Waals surface area contributed by atoms with E-state index in [4.69, 9.17) is 13.9 Å². The molecule has 0 spiro atoms. The summed E-state index contributed by atoms with van der Waals surface area (Å²) in [6.07, 6.45) is 5.82. The van der Waals surface area contributed by atoms with Crippen LogP contribution in [0.2, 0.25) is 18.1 Å². The van der Waals surface area contributed by atoms with E-state index in [0.717, 1.165) is 24.0 Å². The van der Waals surface area contributed by atoms with Crippen molar-refractivity contribution in [2.24, 2.45) is 0 Å². The normalized spacial score (nSPS) is 14.9. The summed E-state index contributed by atoms with van der Waals surface area (Å²) >= 11 is 0. The van der Waals surface area contributed by atoms with Crippen LogP contribution in [-0.2, 0) is 20.6 Å². The van der Waals surface area contributed by atoms with Crippen molar-refractivity contribution in [3.05, 3.63) is 42.0 Å². The van der Waals surface area contributed by atoms with E-state index in [1.807, 2.05) is 24.3 Å². The van der Waals surface area contributed by atoms with E-state index in [1.165, 1.54) is 0 Å². The SMILES string of the molecule is CC/C=C\C[C@H](OCc1ccc(OC)cc1)[C@@H](C=O)O[Si](C)(C)C(C)(C)C. The van der Waals surface area contributed by atoms with Crippen LogP contribution in [0.15, 0.2) is 36.4 Å². The second-order valence-electron chi connectivity index (χ2n) is 8.29. The molecule has 0 unspecified atom stereocenters. The maximum absolute atomic E-state index is 11.9. The molecule has 0 aliphatic rings. The maximum Gasteiger partial charge on any atom is 0.193 e. The van der Waals surface area contributed by atoms with Gasteiger partial charge in [-0.3, -0.25) is 0 Å². The molecule has 0 radical (unpaired) electrons. The van der Waals surface area contributed by atoms with Crippen molar-refractivity contribution in [2.45, 2.75) is 77.5 Å². The number of ether oxygens (including phenoxy) is 2. The Hall–Kier alpha value is -1.43. The largest absolute Gasteiger partial charge is 0.497 e. The molecular formula is C22H36O4Si. The monoisotopic (exact) mass is 392 g/mol. The highest BCUT2D eigenvalue weighted by atomic mass is 28.4. The van der Waals surface area contributed by atoms with Gasteiger partial charge in [-0.05, 0) is 48.7 Å². The van der Waals surface area contributed by atoms with Crippen LogP contribution in [0.1, 0.15) is 46.1 Å². The molecule has 0 amide bonds. The lowest BCUT2D eigenvalue weighted by Crippen LogP contribution is -2.48. The molecule has 4 nitrogen and oxygen atoms in total. The Morgan fingerprint density at radius 1 is 1.11 bits per heavy atom. The van der Waals surface area contributed by atoms with E-state index >= 15 is 0 Å². The Morgan fingerprint density at radius 3 is 2.22 bits per heavy atom. The van der Waals surface area contributed by atoms with E-state index in [2.05, 4.69) is 52.9 Å². The molecule has 1 aromatic carbocycles. The van der Waals surface area contributed by atoms with Crippen molar-refractivity contribution >= 4 is 14.6 Å². The molecule has 0 N–H and O–H groups in total. The topological polar surface area (TPSA) is 44.8 Å². The van der Waals surface area contributed by atoms with Gasteiger partial charge in [0.05, 0.1) is 19.8 Å². The van der Waals surface area contributed by atoms with Crippen LogP contribution in [0.25, 0.3) is 0 Å². The zero-order valence-corrected chi connectivity index (χ0v) is 19.0. The molecule has 0 saturated carbocycles. The van der Waals surface area contributed by atoms with Crippen molar-refractivity contribution in [3.63, 3.8) is 0 Å². The Balaban J connectivity index is 2.88. The second-order valence-corrected chi connectivity index (χ2v) is 13.0. The smallest absolute Gasteiger partial charge is 0.193 e. The molecule has 27 heavy (non-hydrogen) atoms. The third-order valence-corrected chi connectivity index (χ3v) is 9.61. The first kappa shape index (κ1) is 23.6. The summed E-state index contributed by atoms with van der Waals surface area (Å²) in [5, 5.41) is 0.0358. The standard InChI is InChI=1S/C22H36O4Si/c1-8-9-10-11-20(21(16-23)26-27(6,7)22(2,3)4)25-17-18-12-14-19(24-5)15-13-18/h9-10,12-16,20-21H,8,11,17H2,1-7H3/b10-9-/t20-,21+/m0/s1. The fraction of sp³-hybridized carbons (Fsp3) is 0.591. The van der Waals surface area contributed by atoms with Gasteiger partial charge in [-0.2, -0.15) is 0 Å². The van der Waals surface area contributed by atoms with Gasteiger partial charge >= 0.3 is 0 Å². The summed E-state index contributed by atoms with van der Waals surface area (Å²) in [5.41, 5.74) is 1.04.